The number of rotatable bonds is 7. The summed E-state index contributed by atoms with van der Waals surface area (Å²) in [5, 5.41) is 5.31. The van der Waals surface area contributed by atoms with Gasteiger partial charge in [-0.1, -0.05) is 29.8 Å². The molecule has 35 heavy (non-hydrogen) atoms. The van der Waals surface area contributed by atoms with Crippen molar-refractivity contribution in [3.8, 4) is 11.1 Å². The van der Waals surface area contributed by atoms with Crippen molar-refractivity contribution in [2.75, 3.05) is 50.1 Å². The minimum Gasteiger partial charge on any atom is -0.465 e. The number of amides is 1. The van der Waals surface area contributed by atoms with Crippen molar-refractivity contribution in [1.29, 1.82) is 0 Å². The molecule has 1 N–H and O–H groups in total. The predicted molar refractivity (Wildman–Crippen MR) is 140 cm³/mol. The summed E-state index contributed by atoms with van der Waals surface area (Å²) in [7, 11) is 1.34. The number of thiophene rings is 1. The number of anilines is 2. The van der Waals surface area contributed by atoms with Crippen LogP contribution in [0.3, 0.4) is 0 Å². The first-order valence-corrected chi connectivity index (χ1v) is 12.4. The Bertz CT molecular complexity index is 1210. The number of piperazine rings is 1. The lowest BCUT2D eigenvalue weighted by Crippen LogP contribution is -2.48. The first-order chi connectivity index (χ1) is 16.9. The zero-order valence-corrected chi connectivity index (χ0v) is 21.0. The number of aryl methyl sites for hydroxylation is 1. The van der Waals surface area contributed by atoms with Gasteiger partial charge in [0.05, 0.1) is 13.7 Å². The van der Waals surface area contributed by atoms with Gasteiger partial charge >= 0.3 is 5.97 Å². The predicted octanol–water partition coefficient (Wildman–Crippen LogP) is 4.47. The Morgan fingerprint density at radius 1 is 0.971 bits per heavy atom. The third kappa shape index (κ3) is 5.78. The summed E-state index contributed by atoms with van der Waals surface area (Å²) in [6.45, 7) is 6.87. The highest BCUT2D eigenvalue weighted by Gasteiger charge is 2.24. The average molecular weight is 492 g/mol. The molecular weight excluding hydrogens is 462 g/mol. The van der Waals surface area contributed by atoms with Crippen LogP contribution in [0.1, 0.15) is 33.2 Å². The van der Waals surface area contributed by atoms with Crippen molar-refractivity contribution in [3.05, 3.63) is 70.6 Å². The van der Waals surface area contributed by atoms with Gasteiger partial charge in [0.1, 0.15) is 10.6 Å². The largest absolute Gasteiger partial charge is 0.465 e. The van der Waals surface area contributed by atoms with Crippen molar-refractivity contribution in [2.45, 2.75) is 13.8 Å². The molecule has 3 aromatic rings. The normalized spacial score (nSPS) is 14.0. The molecule has 0 saturated carbocycles. The topological polar surface area (TPSA) is 79.0 Å². The zero-order chi connectivity index (χ0) is 24.9. The van der Waals surface area contributed by atoms with E-state index in [2.05, 4.69) is 15.1 Å². The molecule has 1 saturated heterocycles. The molecule has 8 heteroatoms. The van der Waals surface area contributed by atoms with Crippen molar-refractivity contribution in [1.82, 2.24) is 4.90 Å². The second-order valence-electron chi connectivity index (χ2n) is 8.63. The van der Waals surface area contributed by atoms with Gasteiger partial charge in [-0.3, -0.25) is 14.5 Å². The highest BCUT2D eigenvalue weighted by Crippen LogP contribution is 2.36. The highest BCUT2D eigenvalue weighted by atomic mass is 32.1. The zero-order valence-electron chi connectivity index (χ0n) is 20.2. The summed E-state index contributed by atoms with van der Waals surface area (Å²) in [5.41, 5.74) is 4.94. The lowest BCUT2D eigenvalue weighted by Gasteiger charge is -2.35. The number of benzene rings is 2. The molecule has 1 amide bonds. The Kier molecular flexibility index (Phi) is 7.63. The van der Waals surface area contributed by atoms with Crippen LogP contribution in [0.2, 0.25) is 0 Å². The number of ketones is 1. The number of hydrogen-bond acceptors (Lipinski definition) is 7. The van der Waals surface area contributed by atoms with Crippen LogP contribution >= 0.6 is 11.3 Å². The van der Waals surface area contributed by atoms with E-state index >= 15 is 0 Å². The first kappa shape index (κ1) is 24.6. The van der Waals surface area contributed by atoms with Gasteiger partial charge in [0, 0.05) is 48.4 Å². The van der Waals surface area contributed by atoms with Crippen molar-refractivity contribution in [3.63, 3.8) is 0 Å². The van der Waals surface area contributed by atoms with E-state index in [1.807, 2.05) is 60.8 Å². The van der Waals surface area contributed by atoms with Crippen molar-refractivity contribution >= 4 is 39.7 Å². The van der Waals surface area contributed by atoms with Crippen LogP contribution in [-0.4, -0.2) is 62.4 Å². The first-order valence-electron chi connectivity index (χ1n) is 11.5. The van der Waals surface area contributed by atoms with Gasteiger partial charge in [0.15, 0.2) is 5.78 Å². The van der Waals surface area contributed by atoms with Crippen LogP contribution in [0.5, 0.6) is 0 Å². The number of hydrogen-bond donors (Lipinski definition) is 1. The van der Waals surface area contributed by atoms with Gasteiger partial charge in [-0.15, -0.1) is 11.3 Å². The Labute approximate surface area is 209 Å². The summed E-state index contributed by atoms with van der Waals surface area (Å²) in [5.74, 6) is -0.576. The molecule has 2 aromatic carbocycles. The summed E-state index contributed by atoms with van der Waals surface area (Å²) < 4.78 is 5.01. The lowest BCUT2D eigenvalue weighted by atomic mass is 10.0. The second-order valence-corrected chi connectivity index (χ2v) is 9.51. The Balaban J connectivity index is 1.38. The van der Waals surface area contributed by atoms with Crippen LogP contribution in [0.4, 0.5) is 10.7 Å². The Morgan fingerprint density at radius 2 is 1.63 bits per heavy atom. The van der Waals surface area contributed by atoms with Crippen LogP contribution in [0.15, 0.2) is 53.9 Å². The average Bonchev–Trinajstić information content (AvgIpc) is 3.27. The molecule has 0 atom stereocenters. The van der Waals surface area contributed by atoms with Gasteiger partial charge < -0.3 is 15.0 Å². The maximum absolute atomic E-state index is 12.8. The van der Waals surface area contributed by atoms with Gasteiger partial charge in [-0.05, 0) is 43.7 Å². The number of carbonyl (C=O) groups excluding carboxylic acids is 3. The van der Waals surface area contributed by atoms with Gasteiger partial charge in [0.25, 0.3) is 0 Å². The van der Waals surface area contributed by atoms with E-state index in [1.165, 1.54) is 18.4 Å². The monoisotopic (exact) mass is 491 g/mol. The molecule has 2 heterocycles. The Morgan fingerprint density at radius 3 is 2.23 bits per heavy atom. The molecule has 1 fully saturated rings. The number of methoxy groups -OCH3 is 1. The third-order valence-corrected chi connectivity index (χ3v) is 7.07. The molecule has 182 valence electrons. The van der Waals surface area contributed by atoms with Gasteiger partial charge in [0.2, 0.25) is 5.91 Å². The minimum atomic E-state index is -0.471. The van der Waals surface area contributed by atoms with Gasteiger partial charge in [-0.25, -0.2) is 4.79 Å². The molecule has 0 bridgehead atoms. The van der Waals surface area contributed by atoms with Crippen molar-refractivity contribution < 1.29 is 19.1 Å². The molecule has 0 aliphatic carbocycles. The van der Waals surface area contributed by atoms with E-state index < -0.39 is 5.97 Å². The molecule has 1 aromatic heterocycles. The molecule has 1 aliphatic heterocycles. The smallest absolute Gasteiger partial charge is 0.341 e. The maximum Gasteiger partial charge on any atom is 0.341 e. The number of Topliss-reactive ketones (excluding diaryl/α,β-unsaturated/α-hetero) is 1. The van der Waals surface area contributed by atoms with E-state index in [0.717, 1.165) is 48.6 Å². The number of esters is 1. The molecule has 7 nitrogen and oxygen atoms in total. The van der Waals surface area contributed by atoms with Crippen LogP contribution in [0, 0.1) is 6.92 Å². The van der Waals surface area contributed by atoms with E-state index in [1.54, 1.807) is 6.92 Å². The van der Waals surface area contributed by atoms with Crippen LogP contribution in [-0.2, 0) is 9.53 Å². The van der Waals surface area contributed by atoms with E-state index in [9.17, 15) is 14.4 Å². The number of ether oxygens (including phenoxy) is 1. The van der Waals surface area contributed by atoms with E-state index in [-0.39, 0.29) is 18.2 Å². The maximum atomic E-state index is 12.8. The molecular formula is C27H29N3O4S. The fourth-order valence-corrected chi connectivity index (χ4v) is 5.11. The standard InChI is InChI=1S/C27H29N3O4S/c1-18-4-6-21(7-5-18)23-17-35-26(25(23)27(33)34-3)28-24(32)16-29-12-14-30(15-13-29)22-10-8-20(9-11-22)19(2)31/h4-11,17H,12-16H2,1-3H3,(H,28,32). The fraction of sp³-hybridized carbons (Fsp3) is 0.296. The van der Waals surface area contributed by atoms with Crippen LogP contribution in [0.25, 0.3) is 11.1 Å². The fourth-order valence-electron chi connectivity index (χ4n) is 4.14. The minimum absolute atomic E-state index is 0.0551. The number of nitrogens with one attached hydrogen (secondary N) is 1. The third-order valence-electron chi connectivity index (χ3n) is 6.17. The molecule has 4 rings (SSSR count). The summed E-state index contributed by atoms with van der Waals surface area (Å²) in [6, 6.07) is 15.5. The SMILES string of the molecule is COC(=O)c1c(-c2ccc(C)cc2)csc1NC(=O)CN1CCN(c2ccc(C(C)=O)cc2)CC1. The van der Waals surface area contributed by atoms with Crippen LogP contribution < -0.4 is 10.2 Å². The van der Waals surface area contributed by atoms with E-state index in [4.69, 9.17) is 4.74 Å². The van der Waals surface area contributed by atoms with E-state index in [0.29, 0.717) is 16.1 Å². The molecule has 0 unspecified atom stereocenters. The molecule has 0 radical (unpaired) electrons. The summed E-state index contributed by atoms with van der Waals surface area (Å²) >= 11 is 1.33. The summed E-state index contributed by atoms with van der Waals surface area (Å²) in [6.07, 6.45) is 0. The van der Waals surface area contributed by atoms with Crippen molar-refractivity contribution in [2.24, 2.45) is 0 Å². The highest BCUT2D eigenvalue weighted by molar-refractivity contribution is 7.15. The molecule has 1 aliphatic rings. The second kappa shape index (κ2) is 10.8. The summed E-state index contributed by atoms with van der Waals surface area (Å²) in [4.78, 5) is 41.2. The number of nitrogens with zero attached hydrogens (tertiary/aromatic N) is 2. The van der Waals surface area contributed by atoms with Gasteiger partial charge in [-0.2, -0.15) is 0 Å². The Hall–Kier alpha value is -3.49. The number of carbonyl (C=O) groups is 3. The molecule has 0 spiro atoms. The lowest BCUT2D eigenvalue weighted by molar-refractivity contribution is -0.117. The quantitative estimate of drug-likeness (QED) is 0.388.